The Balaban J connectivity index is 2.30. The zero-order valence-corrected chi connectivity index (χ0v) is 14.5. The van der Waals surface area contributed by atoms with E-state index in [4.69, 9.17) is 14.2 Å². The highest BCUT2D eigenvalue weighted by Gasteiger charge is 2.16. The number of rotatable bonds is 7. The minimum absolute atomic E-state index is 0.193. The average Bonchev–Trinajstić information content (AvgIpc) is 2.61. The predicted octanol–water partition coefficient (Wildman–Crippen LogP) is 3.92. The van der Waals surface area contributed by atoms with Gasteiger partial charge >= 0.3 is 0 Å². The third-order valence-corrected chi connectivity index (χ3v) is 3.64. The maximum atomic E-state index is 12.7. The summed E-state index contributed by atoms with van der Waals surface area (Å²) in [4.78, 5) is 12.7. The van der Waals surface area contributed by atoms with E-state index in [0.717, 1.165) is 11.3 Å². The van der Waals surface area contributed by atoms with E-state index >= 15 is 0 Å². The molecule has 0 saturated carbocycles. The lowest BCUT2D eigenvalue weighted by Crippen LogP contribution is -2.14. The van der Waals surface area contributed by atoms with Crippen LogP contribution in [0.25, 0.3) is 0 Å². The number of carbonyl (C=O) groups is 1. The van der Waals surface area contributed by atoms with Crippen molar-refractivity contribution in [3.05, 3.63) is 47.5 Å². The summed E-state index contributed by atoms with van der Waals surface area (Å²) in [5, 5.41) is 2.91. The molecule has 0 atom stereocenters. The van der Waals surface area contributed by atoms with Crippen molar-refractivity contribution >= 4 is 11.6 Å². The third kappa shape index (κ3) is 3.98. The van der Waals surface area contributed by atoms with Crippen LogP contribution in [0.2, 0.25) is 0 Å². The largest absolute Gasteiger partial charge is 0.494 e. The molecule has 0 saturated heterocycles. The van der Waals surface area contributed by atoms with Crippen LogP contribution >= 0.6 is 0 Å². The zero-order valence-electron chi connectivity index (χ0n) is 14.5. The highest BCUT2D eigenvalue weighted by molar-refractivity contribution is 6.05. The van der Waals surface area contributed by atoms with Crippen LogP contribution in [0.4, 0.5) is 5.69 Å². The highest BCUT2D eigenvalue weighted by Crippen LogP contribution is 2.31. The molecule has 5 nitrogen and oxygen atoms in total. The monoisotopic (exact) mass is 329 g/mol. The van der Waals surface area contributed by atoms with E-state index in [1.54, 1.807) is 26.4 Å². The van der Waals surface area contributed by atoms with Crippen LogP contribution < -0.4 is 19.5 Å². The Bertz CT molecular complexity index is 713. The summed E-state index contributed by atoms with van der Waals surface area (Å²) < 4.78 is 16.1. The van der Waals surface area contributed by atoms with Crippen LogP contribution in [-0.4, -0.2) is 26.7 Å². The number of nitrogens with one attached hydrogen (secondary N) is 1. The van der Waals surface area contributed by atoms with E-state index in [0.29, 0.717) is 35.8 Å². The van der Waals surface area contributed by atoms with Crippen molar-refractivity contribution in [3.8, 4) is 17.2 Å². The molecule has 2 aromatic rings. The lowest BCUT2D eigenvalue weighted by atomic mass is 10.0. The Morgan fingerprint density at radius 3 is 2.38 bits per heavy atom. The van der Waals surface area contributed by atoms with Gasteiger partial charge < -0.3 is 19.5 Å². The molecule has 0 heterocycles. The lowest BCUT2D eigenvalue weighted by Gasteiger charge is -2.14. The molecule has 0 aromatic heterocycles. The van der Waals surface area contributed by atoms with Crippen molar-refractivity contribution in [3.63, 3.8) is 0 Å². The molecule has 2 rings (SSSR count). The number of hydrogen-bond donors (Lipinski definition) is 1. The molecular weight excluding hydrogens is 306 g/mol. The van der Waals surface area contributed by atoms with Crippen LogP contribution in [0.15, 0.2) is 36.4 Å². The van der Waals surface area contributed by atoms with Crippen molar-refractivity contribution in [1.82, 2.24) is 0 Å². The number of amides is 1. The van der Waals surface area contributed by atoms with E-state index < -0.39 is 0 Å². The molecule has 24 heavy (non-hydrogen) atoms. The van der Waals surface area contributed by atoms with Gasteiger partial charge in [-0.3, -0.25) is 4.79 Å². The molecule has 0 aliphatic carbocycles. The molecule has 1 N–H and O–H groups in total. The number of benzene rings is 2. The van der Waals surface area contributed by atoms with Gasteiger partial charge in [-0.2, -0.15) is 0 Å². The van der Waals surface area contributed by atoms with Gasteiger partial charge in [0.25, 0.3) is 5.91 Å². The second-order valence-corrected chi connectivity index (χ2v) is 5.13. The first-order valence-corrected chi connectivity index (χ1v) is 7.92. The molecule has 0 aliphatic rings. The fourth-order valence-electron chi connectivity index (χ4n) is 2.45. The van der Waals surface area contributed by atoms with Gasteiger partial charge in [0.05, 0.1) is 20.8 Å². The average molecular weight is 329 g/mol. The Morgan fingerprint density at radius 2 is 1.75 bits per heavy atom. The minimum Gasteiger partial charge on any atom is -0.494 e. The summed E-state index contributed by atoms with van der Waals surface area (Å²) in [5.74, 6) is 1.67. The summed E-state index contributed by atoms with van der Waals surface area (Å²) in [7, 11) is 3.13. The highest BCUT2D eigenvalue weighted by atomic mass is 16.5. The fourth-order valence-corrected chi connectivity index (χ4v) is 2.45. The van der Waals surface area contributed by atoms with Crippen molar-refractivity contribution < 1.29 is 19.0 Å². The molecule has 0 spiro atoms. The van der Waals surface area contributed by atoms with E-state index in [1.165, 1.54) is 0 Å². The Hall–Kier alpha value is -2.69. The lowest BCUT2D eigenvalue weighted by molar-refractivity contribution is 0.102. The van der Waals surface area contributed by atoms with E-state index in [2.05, 4.69) is 5.32 Å². The van der Waals surface area contributed by atoms with Crippen molar-refractivity contribution in [1.29, 1.82) is 0 Å². The first-order chi connectivity index (χ1) is 11.6. The standard InChI is InChI=1S/C19H23NO4/c1-5-13-10-17(22-3)18(23-4)12-16(13)19(21)20-14-8-7-9-15(11-14)24-6-2/h7-12H,5-6H2,1-4H3,(H,20,21). The van der Waals surface area contributed by atoms with Crippen LogP contribution in [-0.2, 0) is 6.42 Å². The number of hydrogen-bond acceptors (Lipinski definition) is 4. The Kier molecular flexibility index (Phi) is 6.07. The predicted molar refractivity (Wildman–Crippen MR) is 94.5 cm³/mol. The van der Waals surface area contributed by atoms with Crippen molar-refractivity contribution in [2.24, 2.45) is 0 Å². The summed E-state index contributed by atoms with van der Waals surface area (Å²) in [5.41, 5.74) is 2.14. The van der Waals surface area contributed by atoms with E-state index in [9.17, 15) is 4.79 Å². The SMILES string of the molecule is CCOc1cccc(NC(=O)c2cc(OC)c(OC)cc2CC)c1. The number of ether oxygens (including phenoxy) is 3. The quantitative estimate of drug-likeness (QED) is 0.836. The molecule has 0 unspecified atom stereocenters. The smallest absolute Gasteiger partial charge is 0.256 e. The first kappa shape index (κ1) is 17.7. The van der Waals surface area contributed by atoms with Crippen LogP contribution in [0.5, 0.6) is 17.2 Å². The molecule has 2 aromatic carbocycles. The second kappa shape index (κ2) is 8.24. The molecule has 0 bridgehead atoms. The van der Waals surface area contributed by atoms with Gasteiger partial charge in [-0.05, 0) is 43.2 Å². The van der Waals surface area contributed by atoms with Gasteiger partial charge in [0.2, 0.25) is 0 Å². The van der Waals surface area contributed by atoms with Gasteiger partial charge in [-0.25, -0.2) is 0 Å². The number of aryl methyl sites for hydroxylation is 1. The molecule has 0 fully saturated rings. The molecule has 1 amide bonds. The molecule has 0 aliphatic heterocycles. The van der Waals surface area contributed by atoms with Gasteiger partial charge in [0.1, 0.15) is 5.75 Å². The van der Waals surface area contributed by atoms with Crippen LogP contribution in [0.1, 0.15) is 29.8 Å². The third-order valence-electron chi connectivity index (χ3n) is 3.64. The summed E-state index contributed by atoms with van der Waals surface area (Å²) in [6, 6.07) is 10.9. The number of methoxy groups -OCH3 is 2. The second-order valence-electron chi connectivity index (χ2n) is 5.13. The number of carbonyl (C=O) groups excluding carboxylic acids is 1. The minimum atomic E-state index is -0.193. The number of anilines is 1. The van der Waals surface area contributed by atoms with E-state index in [-0.39, 0.29) is 5.91 Å². The molecule has 0 radical (unpaired) electrons. The van der Waals surface area contributed by atoms with Gasteiger partial charge in [-0.15, -0.1) is 0 Å². The molecule has 128 valence electrons. The Labute approximate surface area is 142 Å². The maximum absolute atomic E-state index is 12.7. The molecule has 5 heteroatoms. The zero-order chi connectivity index (χ0) is 17.5. The van der Waals surface area contributed by atoms with E-state index in [1.807, 2.05) is 38.1 Å². The van der Waals surface area contributed by atoms with Crippen LogP contribution in [0, 0.1) is 0 Å². The van der Waals surface area contributed by atoms with Crippen LogP contribution in [0.3, 0.4) is 0 Å². The topological polar surface area (TPSA) is 56.8 Å². The fraction of sp³-hybridized carbons (Fsp3) is 0.316. The maximum Gasteiger partial charge on any atom is 0.256 e. The summed E-state index contributed by atoms with van der Waals surface area (Å²) >= 11 is 0. The van der Waals surface area contributed by atoms with Crippen molar-refractivity contribution in [2.75, 3.05) is 26.1 Å². The van der Waals surface area contributed by atoms with Gasteiger partial charge in [0, 0.05) is 17.3 Å². The Morgan fingerprint density at radius 1 is 1.04 bits per heavy atom. The summed E-state index contributed by atoms with van der Waals surface area (Å²) in [6.45, 7) is 4.49. The van der Waals surface area contributed by atoms with Crippen molar-refractivity contribution in [2.45, 2.75) is 20.3 Å². The normalized spacial score (nSPS) is 10.2. The first-order valence-electron chi connectivity index (χ1n) is 7.92. The molecular formula is C19H23NO4. The summed E-state index contributed by atoms with van der Waals surface area (Å²) in [6.07, 6.45) is 0.710. The van der Waals surface area contributed by atoms with Gasteiger partial charge in [-0.1, -0.05) is 13.0 Å². The van der Waals surface area contributed by atoms with Gasteiger partial charge in [0.15, 0.2) is 11.5 Å².